The Morgan fingerprint density at radius 3 is 3.00 bits per heavy atom. The van der Waals surface area contributed by atoms with E-state index in [1.807, 2.05) is 18.2 Å². The summed E-state index contributed by atoms with van der Waals surface area (Å²) in [6, 6.07) is 5.23. The third-order valence-electron chi connectivity index (χ3n) is 3.99. The second-order valence-corrected chi connectivity index (χ2v) is 5.33. The van der Waals surface area contributed by atoms with E-state index in [4.69, 9.17) is 11.6 Å². The van der Waals surface area contributed by atoms with Gasteiger partial charge < -0.3 is 10.4 Å². The van der Waals surface area contributed by atoms with Gasteiger partial charge in [0, 0.05) is 10.7 Å². The van der Waals surface area contributed by atoms with E-state index in [1.165, 1.54) is 5.56 Å². The SMILES string of the molecule is O=C(O)C1Nc2ccc(Cl)cc2C2CCCC12. The molecule has 2 aliphatic rings. The summed E-state index contributed by atoms with van der Waals surface area (Å²) in [5.41, 5.74) is 2.13. The molecule has 1 aromatic carbocycles. The molecule has 90 valence electrons. The maximum absolute atomic E-state index is 11.3. The number of carbonyl (C=O) groups is 1. The Balaban J connectivity index is 2.06. The summed E-state index contributed by atoms with van der Waals surface area (Å²) in [5.74, 6) is -0.188. The maximum Gasteiger partial charge on any atom is 0.326 e. The molecule has 3 atom stereocenters. The van der Waals surface area contributed by atoms with E-state index >= 15 is 0 Å². The zero-order chi connectivity index (χ0) is 12.0. The van der Waals surface area contributed by atoms with Gasteiger partial charge in [-0.25, -0.2) is 4.79 Å². The molecule has 1 fully saturated rings. The lowest BCUT2D eigenvalue weighted by Gasteiger charge is -2.34. The second-order valence-electron chi connectivity index (χ2n) is 4.89. The molecular weight excluding hydrogens is 238 g/mol. The minimum absolute atomic E-state index is 0.207. The molecule has 0 saturated heterocycles. The Bertz CT molecular complexity index is 474. The standard InChI is InChI=1S/C13H14ClNO2/c14-7-4-5-11-10(6-7)8-2-1-3-9(8)12(15-11)13(16)17/h4-6,8-9,12,15H,1-3H2,(H,16,17). The Morgan fingerprint density at radius 2 is 2.24 bits per heavy atom. The van der Waals surface area contributed by atoms with Crippen molar-refractivity contribution in [2.75, 3.05) is 5.32 Å². The van der Waals surface area contributed by atoms with Gasteiger partial charge in [0.2, 0.25) is 0 Å². The largest absolute Gasteiger partial charge is 0.480 e. The summed E-state index contributed by atoms with van der Waals surface area (Å²) in [6.45, 7) is 0. The van der Waals surface area contributed by atoms with Crippen LogP contribution in [-0.2, 0) is 4.79 Å². The molecular formula is C13H14ClNO2. The van der Waals surface area contributed by atoms with Crippen LogP contribution in [0, 0.1) is 5.92 Å². The molecule has 4 heteroatoms. The number of carboxylic acids is 1. The van der Waals surface area contributed by atoms with Gasteiger partial charge in [-0.3, -0.25) is 0 Å². The molecule has 0 radical (unpaired) electrons. The van der Waals surface area contributed by atoms with Crippen LogP contribution in [0.1, 0.15) is 30.7 Å². The highest BCUT2D eigenvalue weighted by atomic mass is 35.5. The first kappa shape index (κ1) is 10.9. The molecule has 1 aliphatic heterocycles. The minimum Gasteiger partial charge on any atom is -0.480 e. The van der Waals surface area contributed by atoms with Crippen LogP contribution >= 0.6 is 11.6 Å². The molecule has 0 aromatic heterocycles. The van der Waals surface area contributed by atoms with Crippen molar-refractivity contribution in [3.05, 3.63) is 28.8 Å². The van der Waals surface area contributed by atoms with Crippen molar-refractivity contribution < 1.29 is 9.90 Å². The van der Waals surface area contributed by atoms with Crippen molar-refractivity contribution in [2.45, 2.75) is 31.2 Å². The highest BCUT2D eigenvalue weighted by Crippen LogP contribution is 2.48. The van der Waals surface area contributed by atoms with E-state index < -0.39 is 12.0 Å². The lowest BCUT2D eigenvalue weighted by molar-refractivity contribution is -0.139. The first-order valence-electron chi connectivity index (χ1n) is 5.95. The Labute approximate surface area is 105 Å². The molecule has 3 nitrogen and oxygen atoms in total. The van der Waals surface area contributed by atoms with E-state index in [-0.39, 0.29) is 5.92 Å². The van der Waals surface area contributed by atoms with Crippen LogP contribution in [0.3, 0.4) is 0 Å². The molecule has 0 amide bonds. The van der Waals surface area contributed by atoms with Gasteiger partial charge in [0.25, 0.3) is 0 Å². The van der Waals surface area contributed by atoms with Gasteiger partial charge in [0.05, 0.1) is 0 Å². The molecule has 0 spiro atoms. The van der Waals surface area contributed by atoms with Crippen LogP contribution in [0.15, 0.2) is 18.2 Å². The van der Waals surface area contributed by atoms with Crippen LogP contribution in [0.5, 0.6) is 0 Å². The number of hydrogen-bond donors (Lipinski definition) is 2. The molecule has 3 rings (SSSR count). The monoisotopic (exact) mass is 251 g/mol. The smallest absolute Gasteiger partial charge is 0.326 e. The van der Waals surface area contributed by atoms with Gasteiger partial charge in [0.1, 0.15) is 6.04 Å². The van der Waals surface area contributed by atoms with Gasteiger partial charge in [-0.1, -0.05) is 18.0 Å². The second kappa shape index (κ2) is 3.91. The number of nitrogens with one attached hydrogen (secondary N) is 1. The van der Waals surface area contributed by atoms with Crippen molar-refractivity contribution >= 4 is 23.3 Å². The van der Waals surface area contributed by atoms with E-state index in [2.05, 4.69) is 5.32 Å². The number of anilines is 1. The van der Waals surface area contributed by atoms with Gasteiger partial charge in [-0.2, -0.15) is 0 Å². The summed E-state index contributed by atoms with van der Waals surface area (Å²) >= 11 is 6.02. The number of rotatable bonds is 1. The van der Waals surface area contributed by atoms with Gasteiger partial charge in [-0.15, -0.1) is 0 Å². The number of hydrogen-bond acceptors (Lipinski definition) is 2. The fourth-order valence-corrected chi connectivity index (χ4v) is 3.45. The third-order valence-corrected chi connectivity index (χ3v) is 4.22. The first-order chi connectivity index (χ1) is 8.16. The van der Waals surface area contributed by atoms with Crippen LogP contribution in [0.2, 0.25) is 5.02 Å². The number of carboxylic acid groups (broad SMARTS) is 1. The summed E-state index contributed by atoms with van der Waals surface area (Å²) in [4.78, 5) is 11.3. The van der Waals surface area contributed by atoms with Crippen molar-refractivity contribution in [1.82, 2.24) is 0 Å². The zero-order valence-corrected chi connectivity index (χ0v) is 10.1. The molecule has 3 unspecified atom stereocenters. The van der Waals surface area contributed by atoms with E-state index in [1.54, 1.807) is 0 Å². The molecule has 1 aromatic rings. The normalized spacial score (nSPS) is 30.3. The predicted octanol–water partition coefficient (Wildman–Crippen LogP) is 3.10. The number of halogens is 1. The summed E-state index contributed by atoms with van der Waals surface area (Å²) in [5, 5.41) is 13.1. The predicted molar refractivity (Wildman–Crippen MR) is 66.6 cm³/mol. The molecule has 1 saturated carbocycles. The van der Waals surface area contributed by atoms with E-state index in [9.17, 15) is 9.90 Å². The Hall–Kier alpha value is -1.22. The van der Waals surface area contributed by atoms with Crippen LogP contribution < -0.4 is 5.32 Å². The van der Waals surface area contributed by atoms with E-state index in [0.29, 0.717) is 5.92 Å². The molecule has 17 heavy (non-hydrogen) atoms. The first-order valence-corrected chi connectivity index (χ1v) is 6.33. The molecule has 1 heterocycles. The number of aliphatic carboxylic acids is 1. The summed E-state index contributed by atoms with van der Waals surface area (Å²) < 4.78 is 0. The van der Waals surface area contributed by atoms with Gasteiger partial charge in [-0.05, 0) is 48.4 Å². The summed E-state index contributed by atoms with van der Waals surface area (Å²) in [7, 11) is 0. The van der Waals surface area contributed by atoms with Crippen LogP contribution in [0.25, 0.3) is 0 Å². The topological polar surface area (TPSA) is 49.3 Å². The van der Waals surface area contributed by atoms with Crippen molar-refractivity contribution in [3.63, 3.8) is 0 Å². The highest BCUT2D eigenvalue weighted by molar-refractivity contribution is 6.30. The quantitative estimate of drug-likeness (QED) is 0.806. The molecule has 1 aliphatic carbocycles. The van der Waals surface area contributed by atoms with Crippen molar-refractivity contribution in [2.24, 2.45) is 5.92 Å². The third kappa shape index (κ3) is 1.69. The molecule has 2 N–H and O–H groups in total. The lowest BCUT2D eigenvalue weighted by Crippen LogP contribution is -2.41. The summed E-state index contributed by atoms with van der Waals surface area (Å²) in [6.07, 6.45) is 3.16. The fraction of sp³-hybridized carbons (Fsp3) is 0.462. The average Bonchev–Trinajstić information content (AvgIpc) is 2.76. The fourth-order valence-electron chi connectivity index (χ4n) is 3.27. The highest BCUT2D eigenvalue weighted by Gasteiger charge is 2.42. The number of benzene rings is 1. The van der Waals surface area contributed by atoms with Crippen LogP contribution in [0.4, 0.5) is 5.69 Å². The van der Waals surface area contributed by atoms with Crippen molar-refractivity contribution in [3.8, 4) is 0 Å². The van der Waals surface area contributed by atoms with Gasteiger partial charge in [0.15, 0.2) is 0 Å². The average molecular weight is 252 g/mol. The zero-order valence-electron chi connectivity index (χ0n) is 9.32. The van der Waals surface area contributed by atoms with Crippen molar-refractivity contribution in [1.29, 1.82) is 0 Å². The number of fused-ring (bicyclic) bond motifs is 3. The van der Waals surface area contributed by atoms with Gasteiger partial charge >= 0.3 is 5.97 Å². The Kier molecular flexibility index (Phi) is 2.51. The van der Waals surface area contributed by atoms with Crippen LogP contribution in [-0.4, -0.2) is 17.1 Å². The minimum atomic E-state index is -0.748. The molecule has 0 bridgehead atoms. The Morgan fingerprint density at radius 1 is 1.41 bits per heavy atom. The van der Waals surface area contributed by atoms with E-state index in [0.717, 1.165) is 30.0 Å². The maximum atomic E-state index is 11.3. The lowest BCUT2D eigenvalue weighted by atomic mass is 9.80.